The zero-order valence-electron chi connectivity index (χ0n) is 79.1. The molecular weight excluding hydrogens is 1540 g/mol. The van der Waals surface area contributed by atoms with Crippen molar-refractivity contribution in [1.29, 1.82) is 0 Å². The molecule has 0 heterocycles. The average Bonchev–Trinajstić information content (AvgIpc) is 1.65. The lowest BCUT2D eigenvalue weighted by molar-refractivity contribution is -0.148. The Morgan fingerprint density at radius 2 is 0.669 bits per heavy atom. The summed E-state index contributed by atoms with van der Waals surface area (Å²) in [6.07, 6.45) is 73.9. The van der Waals surface area contributed by atoms with E-state index in [0.717, 1.165) is 127 Å². The smallest absolute Gasteiger partial charge is 0.333 e. The summed E-state index contributed by atoms with van der Waals surface area (Å²) in [5, 5.41) is 6.16. The molecule has 0 spiro atoms. The molecule has 16 nitrogen and oxygen atoms in total. The molecule has 16 aliphatic rings. The van der Waals surface area contributed by atoms with Crippen LogP contribution in [0, 0.1) is 94.7 Å². The highest BCUT2D eigenvalue weighted by Gasteiger charge is 2.44. The van der Waals surface area contributed by atoms with E-state index in [-0.39, 0.29) is 65.8 Å². The molecule has 2 N–H and O–H groups in total. The van der Waals surface area contributed by atoms with Gasteiger partial charge in [0.15, 0.2) is 0 Å². The number of rotatable bonds is 17. The Bertz CT molecular complexity index is 3390. The number of nitrogens with zero attached hydrogens (tertiary/aromatic N) is 3. The minimum absolute atomic E-state index is 0.00532. The number of likely N-dealkylation sites (N-methyl/N-ethyl adjacent to an activating group) is 3. The highest BCUT2D eigenvalue weighted by Crippen LogP contribution is 2.50. The normalized spacial score (nSPS) is 34.2. The molecule has 2 bridgehead atoms. The number of carbonyl (C=O) groups is 8. The highest BCUT2D eigenvalue weighted by molar-refractivity contribution is 5.93. The number of ether oxygens (including phenoxy) is 3. The van der Waals surface area contributed by atoms with E-state index >= 15 is 0 Å². The van der Waals surface area contributed by atoms with E-state index in [2.05, 4.69) is 75.1 Å². The second-order valence-corrected chi connectivity index (χ2v) is 41.9. The maximum atomic E-state index is 12.1. The van der Waals surface area contributed by atoms with E-state index in [1.165, 1.54) is 326 Å². The fourth-order valence-corrected chi connectivity index (χ4v) is 26.4. The van der Waals surface area contributed by atoms with Gasteiger partial charge in [0.25, 0.3) is 0 Å². The molecule has 696 valence electrons. The van der Waals surface area contributed by atoms with Gasteiger partial charge in [-0.05, 0) is 302 Å². The standard InChI is InChI=1S/2C15H25NO.2C14H23NO.C14H22O2.C13H21NO.C13H20O2.C10H14O2/c1-11(2)15(17)16(3)14-9-8-12-6-4-5-7-13(12)10-14;1-4-16(15(17)11(2)3)14-9-8-12-6-5-7-13(12)10-14;1-10(2)14(16)15-13-8-7-11-5-3-4-6-12(11)9-13;1-3-14(16)15(2)13-9-8-11-6-4-5-7-12(11)10-13;1-10(2)14(15)16-13-8-7-11-5-3-4-6-12(11)9-13;1-2-13(15)14-12-8-7-10-5-3-4-6-11(10)9-12;1-2-13(14)15-12-8-7-10-5-3-4-6-11(10)9-12;1-2-10(11)12-9-6-7-3-4-8(9)5-7/h12-14H,1,4-10H2,2-3H3;12-14H,2,4-10H2,1,3H3;11-13H,1,3-9H2,2H3,(H,15,16);3,11-13H,1,4-10H2,2H3;11-13H,1,3-9H2,2H3;2,10-12H,1,3-9H2,(H,14,15);2,10-12H,1,3-9H2;2,7-9H,1,3-6H2. The van der Waals surface area contributed by atoms with Gasteiger partial charge in [-0.2, -0.15) is 0 Å². The van der Waals surface area contributed by atoms with Crippen molar-refractivity contribution in [2.45, 2.75) is 417 Å². The largest absolute Gasteiger partial charge is 0.459 e. The molecule has 0 aliphatic heterocycles. The third-order valence-corrected chi connectivity index (χ3v) is 33.5. The lowest BCUT2D eigenvalue weighted by atomic mass is 9.69. The highest BCUT2D eigenvalue weighted by atomic mass is 16.6. The van der Waals surface area contributed by atoms with Gasteiger partial charge in [0.2, 0.25) is 29.5 Å². The lowest BCUT2D eigenvalue weighted by Gasteiger charge is -2.42. The van der Waals surface area contributed by atoms with Crippen LogP contribution in [0.15, 0.2) is 99.2 Å². The van der Waals surface area contributed by atoms with Gasteiger partial charge in [0.05, 0.1) is 0 Å². The van der Waals surface area contributed by atoms with Crippen molar-refractivity contribution in [3.63, 3.8) is 0 Å². The van der Waals surface area contributed by atoms with Crippen LogP contribution in [0.2, 0.25) is 0 Å². The van der Waals surface area contributed by atoms with E-state index in [1.807, 2.05) is 37.7 Å². The zero-order chi connectivity index (χ0) is 89.4. The lowest BCUT2D eigenvalue weighted by Crippen LogP contribution is -2.44. The molecule has 0 saturated heterocycles. The molecule has 0 aromatic carbocycles. The fourth-order valence-electron chi connectivity index (χ4n) is 26.4. The number of nitrogens with one attached hydrogen (secondary N) is 2. The number of hydrogen-bond donors (Lipinski definition) is 2. The molecule has 16 aliphatic carbocycles. The van der Waals surface area contributed by atoms with Gasteiger partial charge in [-0.15, -0.1) is 0 Å². The van der Waals surface area contributed by atoms with Crippen molar-refractivity contribution >= 4 is 47.4 Å². The van der Waals surface area contributed by atoms with Crippen LogP contribution in [0.25, 0.3) is 0 Å². The first-order valence-electron chi connectivity index (χ1n) is 50.9. The van der Waals surface area contributed by atoms with Crippen molar-refractivity contribution in [3.05, 3.63) is 99.2 Å². The van der Waals surface area contributed by atoms with Crippen LogP contribution in [-0.4, -0.2) is 131 Å². The van der Waals surface area contributed by atoms with Gasteiger partial charge < -0.3 is 39.5 Å². The molecule has 0 aromatic heterocycles. The Morgan fingerprint density at radius 1 is 0.315 bits per heavy atom. The van der Waals surface area contributed by atoms with E-state index in [9.17, 15) is 38.4 Å². The summed E-state index contributed by atoms with van der Waals surface area (Å²) in [5.74, 6) is 13.8. The Hall–Kier alpha value is -6.32. The molecular formula is C108H173N5O11. The summed E-state index contributed by atoms with van der Waals surface area (Å²) in [7, 11) is 3.88. The Balaban J connectivity index is 0.000000161. The van der Waals surface area contributed by atoms with E-state index in [1.54, 1.807) is 13.8 Å². The second kappa shape index (κ2) is 52.4. The molecule has 24 unspecified atom stereocenters. The monoisotopic (exact) mass is 1720 g/mol. The molecule has 16 rings (SSSR count). The van der Waals surface area contributed by atoms with Crippen LogP contribution < -0.4 is 10.6 Å². The summed E-state index contributed by atoms with van der Waals surface area (Å²) in [6, 6.07) is 2.21. The predicted molar refractivity (Wildman–Crippen MR) is 504 cm³/mol. The SMILES string of the molecule is C=C(C)C(=O)N(C)C1CCC2CCCCC2C1.C=C(C)C(=O)N(CC)C1CCC2CCCC2C1.C=C(C)C(=O)NC1CCC2CCCCC2C1.C=C(C)C(=O)OC1CCC2CCCCC2C1.C=CC(=O)N(C)C1CCC2CCCCC2C1.C=CC(=O)NC1CCC2CCCCC2C1.C=CC(=O)OC1CC2CCC1C2.C=CC(=O)OC1CCC2CCCCC2C1. The molecule has 16 saturated carbocycles. The molecule has 124 heavy (non-hydrogen) atoms. The van der Waals surface area contributed by atoms with Crippen LogP contribution in [0.4, 0.5) is 0 Å². The number of esters is 3. The van der Waals surface area contributed by atoms with Gasteiger partial charge in [0, 0.05) is 85.3 Å². The van der Waals surface area contributed by atoms with Crippen LogP contribution in [-0.2, 0) is 52.6 Å². The summed E-state index contributed by atoms with van der Waals surface area (Å²) >= 11 is 0. The first-order chi connectivity index (χ1) is 59.6. The number of fused-ring (bicyclic) bond motifs is 9. The van der Waals surface area contributed by atoms with Crippen molar-refractivity contribution in [2.75, 3.05) is 20.6 Å². The summed E-state index contributed by atoms with van der Waals surface area (Å²) in [4.78, 5) is 97.7. The average molecular weight is 1720 g/mol. The number of carbonyl (C=O) groups excluding carboxylic acids is 8. The summed E-state index contributed by atoms with van der Waals surface area (Å²) in [6.45, 7) is 38.8. The van der Waals surface area contributed by atoms with Crippen molar-refractivity contribution in [2.24, 2.45) is 94.7 Å². The maximum Gasteiger partial charge on any atom is 0.333 e. The van der Waals surface area contributed by atoms with Crippen molar-refractivity contribution in [3.8, 4) is 0 Å². The summed E-state index contributed by atoms with van der Waals surface area (Å²) < 4.78 is 16.0. The third kappa shape index (κ3) is 31.5. The molecule has 16 fully saturated rings. The Labute approximate surface area is 752 Å². The molecule has 0 radical (unpaired) electrons. The zero-order valence-corrected chi connectivity index (χ0v) is 79.1. The predicted octanol–water partition coefficient (Wildman–Crippen LogP) is 23.9. The Morgan fingerprint density at radius 3 is 1.06 bits per heavy atom. The summed E-state index contributed by atoms with van der Waals surface area (Å²) in [5.41, 5.74) is 2.50. The van der Waals surface area contributed by atoms with E-state index < -0.39 is 0 Å². The minimum Gasteiger partial charge on any atom is -0.459 e. The van der Waals surface area contributed by atoms with E-state index in [4.69, 9.17) is 14.2 Å². The number of hydrogen-bond acceptors (Lipinski definition) is 11. The Kier molecular flexibility index (Phi) is 42.8. The fraction of sp³-hybridized carbons (Fsp3) is 0.778. The quantitative estimate of drug-likeness (QED) is 0.0798. The first-order valence-corrected chi connectivity index (χ1v) is 50.9. The van der Waals surface area contributed by atoms with Gasteiger partial charge >= 0.3 is 17.9 Å². The molecule has 5 amide bonds. The van der Waals surface area contributed by atoms with Crippen molar-refractivity contribution < 1.29 is 52.6 Å². The second-order valence-electron chi connectivity index (χ2n) is 41.9. The molecule has 24 atom stereocenters. The van der Waals surface area contributed by atoms with Gasteiger partial charge in [-0.25, -0.2) is 14.4 Å². The number of amides is 5. The van der Waals surface area contributed by atoms with Crippen LogP contribution >= 0.6 is 0 Å². The van der Waals surface area contributed by atoms with Gasteiger partial charge in [0.1, 0.15) is 18.3 Å². The molecule has 0 aromatic rings. The third-order valence-electron chi connectivity index (χ3n) is 33.5. The van der Waals surface area contributed by atoms with Crippen molar-refractivity contribution in [1.82, 2.24) is 25.3 Å². The topological polar surface area (TPSA) is 198 Å². The van der Waals surface area contributed by atoms with Crippen LogP contribution in [0.3, 0.4) is 0 Å². The van der Waals surface area contributed by atoms with Gasteiger partial charge in [-0.1, -0.05) is 226 Å². The van der Waals surface area contributed by atoms with Crippen LogP contribution in [0.5, 0.6) is 0 Å². The maximum absolute atomic E-state index is 12.1. The molecule has 16 heteroatoms. The minimum atomic E-state index is -0.257. The van der Waals surface area contributed by atoms with Crippen LogP contribution in [0.1, 0.15) is 369 Å². The van der Waals surface area contributed by atoms with E-state index in [0.29, 0.717) is 58.4 Å². The first kappa shape index (κ1) is 101. The van der Waals surface area contributed by atoms with Gasteiger partial charge in [-0.3, -0.25) is 24.0 Å².